The minimum Gasteiger partial charge on any atom is -0.467 e. The number of hydrogen-bond acceptors (Lipinski definition) is 6. The molecule has 1 aliphatic rings. The van der Waals surface area contributed by atoms with E-state index in [9.17, 15) is 19.2 Å². The summed E-state index contributed by atoms with van der Waals surface area (Å²) in [5.41, 5.74) is 1.01. The standard InChI is InChI=1S/C19H18N2O6/c1-12(18(24)20-10-14-6-4-8-26-14)27-17(23)11-21-16(22)9-13-5-2-3-7-15(13)19(21)25/h2-8,12H,9-11H2,1H3,(H,20,24)/t12-/m1/s1. The number of imide groups is 1. The number of nitrogens with zero attached hydrogens (tertiary/aromatic N) is 1. The lowest BCUT2D eigenvalue weighted by Gasteiger charge is -2.26. The van der Waals surface area contributed by atoms with Crippen molar-refractivity contribution in [3.63, 3.8) is 0 Å². The maximum atomic E-state index is 12.4. The van der Waals surface area contributed by atoms with Crippen LogP contribution in [0, 0.1) is 0 Å². The van der Waals surface area contributed by atoms with E-state index >= 15 is 0 Å². The van der Waals surface area contributed by atoms with Crippen LogP contribution in [0.25, 0.3) is 0 Å². The number of hydrogen-bond donors (Lipinski definition) is 1. The number of rotatable bonds is 6. The van der Waals surface area contributed by atoms with Crippen molar-refractivity contribution < 1.29 is 28.3 Å². The molecule has 0 aliphatic carbocycles. The molecule has 0 radical (unpaired) electrons. The Balaban J connectivity index is 1.54. The van der Waals surface area contributed by atoms with Gasteiger partial charge in [-0.3, -0.25) is 24.1 Å². The molecule has 2 aromatic rings. The first kappa shape index (κ1) is 18.4. The quantitative estimate of drug-likeness (QED) is 0.602. The van der Waals surface area contributed by atoms with Crippen LogP contribution in [0.5, 0.6) is 0 Å². The van der Waals surface area contributed by atoms with Gasteiger partial charge in [-0.25, -0.2) is 0 Å². The smallest absolute Gasteiger partial charge is 0.326 e. The largest absolute Gasteiger partial charge is 0.467 e. The minimum atomic E-state index is -1.07. The van der Waals surface area contributed by atoms with Crippen LogP contribution in [0.2, 0.25) is 0 Å². The average molecular weight is 370 g/mol. The number of nitrogens with one attached hydrogen (secondary N) is 1. The Kier molecular flexibility index (Phi) is 5.35. The molecule has 8 nitrogen and oxygen atoms in total. The zero-order valence-corrected chi connectivity index (χ0v) is 14.6. The summed E-state index contributed by atoms with van der Waals surface area (Å²) in [4.78, 5) is 49.5. The molecule has 1 N–H and O–H groups in total. The molecule has 1 atom stereocenters. The lowest BCUT2D eigenvalue weighted by Crippen LogP contribution is -2.46. The Bertz CT molecular complexity index is 874. The number of carbonyl (C=O) groups excluding carboxylic acids is 4. The Labute approximate surface area is 155 Å². The van der Waals surface area contributed by atoms with Gasteiger partial charge in [0.25, 0.3) is 11.8 Å². The summed E-state index contributed by atoms with van der Waals surface area (Å²) in [6.45, 7) is 1.03. The lowest BCUT2D eigenvalue weighted by molar-refractivity contribution is -0.156. The van der Waals surface area contributed by atoms with Crippen LogP contribution in [0.15, 0.2) is 47.1 Å². The highest BCUT2D eigenvalue weighted by Gasteiger charge is 2.33. The average Bonchev–Trinajstić information content (AvgIpc) is 3.16. The molecule has 0 fully saturated rings. The van der Waals surface area contributed by atoms with Crippen LogP contribution < -0.4 is 5.32 Å². The molecule has 8 heteroatoms. The number of carbonyl (C=O) groups is 4. The van der Waals surface area contributed by atoms with Gasteiger partial charge < -0.3 is 14.5 Å². The maximum absolute atomic E-state index is 12.4. The van der Waals surface area contributed by atoms with Crippen LogP contribution in [0.4, 0.5) is 0 Å². The van der Waals surface area contributed by atoms with E-state index in [4.69, 9.17) is 9.15 Å². The molecule has 0 unspecified atom stereocenters. The second-order valence-electron chi connectivity index (χ2n) is 6.05. The van der Waals surface area contributed by atoms with Crippen molar-refractivity contribution in [1.29, 1.82) is 0 Å². The van der Waals surface area contributed by atoms with Crippen molar-refractivity contribution >= 4 is 23.7 Å². The topological polar surface area (TPSA) is 106 Å². The highest BCUT2D eigenvalue weighted by molar-refractivity contribution is 6.11. The van der Waals surface area contributed by atoms with Gasteiger partial charge in [0, 0.05) is 5.56 Å². The number of benzene rings is 1. The van der Waals surface area contributed by atoms with Gasteiger partial charge in [0.1, 0.15) is 12.3 Å². The summed E-state index contributed by atoms with van der Waals surface area (Å²) in [6, 6.07) is 10.1. The van der Waals surface area contributed by atoms with E-state index in [-0.39, 0.29) is 13.0 Å². The van der Waals surface area contributed by atoms with E-state index < -0.39 is 36.3 Å². The van der Waals surface area contributed by atoms with E-state index in [1.54, 1.807) is 36.4 Å². The summed E-state index contributed by atoms with van der Waals surface area (Å²) in [7, 11) is 0. The van der Waals surface area contributed by atoms with Gasteiger partial charge >= 0.3 is 5.97 Å². The maximum Gasteiger partial charge on any atom is 0.326 e. The molecular weight excluding hydrogens is 352 g/mol. The monoisotopic (exact) mass is 370 g/mol. The molecule has 27 heavy (non-hydrogen) atoms. The molecule has 1 aliphatic heterocycles. The van der Waals surface area contributed by atoms with Crippen molar-refractivity contribution in [1.82, 2.24) is 10.2 Å². The van der Waals surface area contributed by atoms with E-state index in [1.807, 2.05) is 0 Å². The predicted molar refractivity (Wildman–Crippen MR) is 92.3 cm³/mol. The molecular formula is C19H18N2O6. The van der Waals surface area contributed by atoms with Crippen molar-refractivity contribution in [3.8, 4) is 0 Å². The molecule has 0 saturated heterocycles. The van der Waals surface area contributed by atoms with Crippen LogP contribution in [0.3, 0.4) is 0 Å². The van der Waals surface area contributed by atoms with Gasteiger partial charge in [0.15, 0.2) is 6.10 Å². The summed E-state index contributed by atoms with van der Waals surface area (Å²) in [5.74, 6) is -1.82. The Morgan fingerprint density at radius 1 is 1.22 bits per heavy atom. The molecule has 3 amide bonds. The van der Waals surface area contributed by atoms with E-state index in [0.29, 0.717) is 16.9 Å². The van der Waals surface area contributed by atoms with Gasteiger partial charge in [-0.05, 0) is 30.7 Å². The Morgan fingerprint density at radius 2 is 2.00 bits per heavy atom. The molecule has 0 saturated carbocycles. The molecule has 140 valence electrons. The highest BCUT2D eigenvalue weighted by atomic mass is 16.5. The second kappa shape index (κ2) is 7.86. The number of amides is 3. The summed E-state index contributed by atoms with van der Waals surface area (Å²) >= 11 is 0. The zero-order chi connectivity index (χ0) is 19.4. The van der Waals surface area contributed by atoms with E-state index in [1.165, 1.54) is 13.2 Å². The summed E-state index contributed by atoms with van der Waals surface area (Å²) < 4.78 is 10.1. The normalized spacial score (nSPS) is 14.5. The number of fused-ring (bicyclic) bond motifs is 1. The summed E-state index contributed by atoms with van der Waals surface area (Å²) in [5, 5.41) is 2.57. The summed E-state index contributed by atoms with van der Waals surface area (Å²) in [6.07, 6.45) is 0.444. The van der Waals surface area contributed by atoms with E-state index in [2.05, 4.69) is 5.32 Å². The third-order valence-electron chi connectivity index (χ3n) is 4.12. The minimum absolute atomic E-state index is 0.0361. The molecule has 3 rings (SSSR count). The van der Waals surface area contributed by atoms with Gasteiger partial charge in [-0.1, -0.05) is 18.2 Å². The van der Waals surface area contributed by atoms with Crippen LogP contribution in [-0.4, -0.2) is 41.2 Å². The predicted octanol–water partition coefficient (Wildman–Crippen LogP) is 1.05. The third kappa shape index (κ3) is 4.22. The van der Waals surface area contributed by atoms with Crippen LogP contribution in [-0.2, 0) is 32.1 Å². The molecule has 0 spiro atoms. The molecule has 1 aromatic carbocycles. The molecule has 2 heterocycles. The van der Waals surface area contributed by atoms with Gasteiger partial charge in [0.05, 0.1) is 19.2 Å². The van der Waals surface area contributed by atoms with Crippen molar-refractivity contribution in [3.05, 3.63) is 59.5 Å². The first-order valence-corrected chi connectivity index (χ1v) is 8.38. The Hall–Kier alpha value is -3.42. The van der Waals surface area contributed by atoms with Crippen molar-refractivity contribution in [2.75, 3.05) is 6.54 Å². The van der Waals surface area contributed by atoms with Crippen LogP contribution in [0.1, 0.15) is 28.6 Å². The molecule has 1 aromatic heterocycles. The van der Waals surface area contributed by atoms with Gasteiger partial charge in [-0.15, -0.1) is 0 Å². The lowest BCUT2D eigenvalue weighted by atomic mass is 9.98. The third-order valence-corrected chi connectivity index (χ3v) is 4.12. The number of esters is 1. The molecule has 0 bridgehead atoms. The zero-order valence-electron chi connectivity index (χ0n) is 14.6. The fourth-order valence-corrected chi connectivity index (χ4v) is 2.71. The van der Waals surface area contributed by atoms with Crippen molar-refractivity contribution in [2.24, 2.45) is 0 Å². The van der Waals surface area contributed by atoms with Gasteiger partial charge in [-0.2, -0.15) is 0 Å². The van der Waals surface area contributed by atoms with Gasteiger partial charge in [0.2, 0.25) is 5.91 Å². The second-order valence-corrected chi connectivity index (χ2v) is 6.05. The Morgan fingerprint density at radius 3 is 2.74 bits per heavy atom. The highest BCUT2D eigenvalue weighted by Crippen LogP contribution is 2.19. The first-order chi connectivity index (χ1) is 13.0. The number of furan rings is 1. The fourth-order valence-electron chi connectivity index (χ4n) is 2.71. The van der Waals surface area contributed by atoms with Crippen molar-refractivity contribution in [2.45, 2.75) is 26.0 Å². The van der Waals surface area contributed by atoms with Crippen LogP contribution >= 0.6 is 0 Å². The van der Waals surface area contributed by atoms with E-state index in [0.717, 1.165) is 4.90 Å². The SMILES string of the molecule is C[C@@H](OC(=O)CN1C(=O)Cc2ccccc2C1=O)C(=O)NCc1ccco1. The first-order valence-electron chi connectivity index (χ1n) is 8.38. The fraction of sp³-hybridized carbons (Fsp3) is 0.263. The number of ether oxygens (including phenoxy) is 1.